The zero-order chi connectivity index (χ0) is 14.0. The highest BCUT2D eigenvalue weighted by Crippen LogP contribution is 2.19. The average Bonchev–Trinajstić information content (AvgIpc) is 2.87. The van der Waals surface area contributed by atoms with Gasteiger partial charge in [0.05, 0.1) is 5.56 Å². The summed E-state index contributed by atoms with van der Waals surface area (Å²) >= 11 is 0. The fraction of sp³-hybridized carbons (Fsp3) is 0.312. The van der Waals surface area contributed by atoms with Crippen molar-refractivity contribution in [2.45, 2.75) is 26.3 Å². The van der Waals surface area contributed by atoms with Gasteiger partial charge in [0, 0.05) is 30.7 Å². The van der Waals surface area contributed by atoms with Crippen LogP contribution >= 0.6 is 0 Å². The summed E-state index contributed by atoms with van der Waals surface area (Å²) < 4.78 is 2.05. The van der Waals surface area contributed by atoms with Crippen LogP contribution in [-0.2, 0) is 5.54 Å². The molecule has 19 heavy (non-hydrogen) atoms. The summed E-state index contributed by atoms with van der Waals surface area (Å²) in [6.45, 7) is 6.34. The minimum Gasteiger partial charge on any atom is -0.348 e. The highest BCUT2D eigenvalue weighted by Gasteiger charge is 2.18. The SMILES string of the molecule is CN(C(=O)c1ccn(C(C)(C)C)c1)c1ccccc1. The van der Waals surface area contributed by atoms with Crippen molar-refractivity contribution in [1.82, 2.24) is 4.57 Å². The van der Waals surface area contributed by atoms with Crippen molar-refractivity contribution in [1.29, 1.82) is 0 Å². The Morgan fingerprint density at radius 2 is 1.74 bits per heavy atom. The number of anilines is 1. The number of amides is 1. The normalized spacial score (nSPS) is 11.4. The smallest absolute Gasteiger partial charge is 0.259 e. The summed E-state index contributed by atoms with van der Waals surface area (Å²) in [5.74, 6) is 0.00852. The Kier molecular flexibility index (Phi) is 3.47. The summed E-state index contributed by atoms with van der Waals surface area (Å²) in [5, 5.41) is 0. The molecule has 1 heterocycles. The van der Waals surface area contributed by atoms with Gasteiger partial charge in [-0.25, -0.2) is 0 Å². The van der Waals surface area contributed by atoms with E-state index in [-0.39, 0.29) is 11.4 Å². The lowest BCUT2D eigenvalue weighted by Crippen LogP contribution is -2.26. The maximum absolute atomic E-state index is 12.4. The summed E-state index contributed by atoms with van der Waals surface area (Å²) in [6.07, 6.45) is 3.85. The molecule has 0 aliphatic heterocycles. The van der Waals surface area contributed by atoms with Gasteiger partial charge in [-0.15, -0.1) is 0 Å². The molecule has 3 nitrogen and oxygen atoms in total. The Labute approximate surface area is 114 Å². The van der Waals surface area contributed by atoms with E-state index in [0.717, 1.165) is 5.69 Å². The maximum Gasteiger partial charge on any atom is 0.259 e. The lowest BCUT2D eigenvalue weighted by Gasteiger charge is -2.21. The monoisotopic (exact) mass is 256 g/mol. The molecule has 1 aromatic carbocycles. The van der Waals surface area contributed by atoms with Crippen LogP contribution in [-0.4, -0.2) is 17.5 Å². The second kappa shape index (κ2) is 4.92. The van der Waals surface area contributed by atoms with Crippen molar-refractivity contribution >= 4 is 11.6 Å². The molecule has 2 aromatic rings. The van der Waals surface area contributed by atoms with Crippen LogP contribution < -0.4 is 4.90 Å². The average molecular weight is 256 g/mol. The number of para-hydroxylation sites is 1. The van der Waals surface area contributed by atoms with E-state index in [1.807, 2.05) is 48.8 Å². The summed E-state index contributed by atoms with van der Waals surface area (Å²) in [5.41, 5.74) is 1.60. The maximum atomic E-state index is 12.4. The Bertz CT molecular complexity index is 564. The van der Waals surface area contributed by atoms with Gasteiger partial charge in [0.1, 0.15) is 0 Å². The first-order chi connectivity index (χ1) is 8.89. The zero-order valence-corrected chi connectivity index (χ0v) is 11.9. The molecule has 2 rings (SSSR count). The molecule has 0 aliphatic carbocycles. The molecule has 0 saturated heterocycles. The molecule has 0 radical (unpaired) electrons. The van der Waals surface area contributed by atoms with E-state index < -0.39 is 0 Å². The van der Waals surface area contributed by atoms with Gasteiger partial charge in [-0.05, 0) is 39.0 Å². The number of nitrogens with zero attached hydrogens (tertiary/aromatic N) is 2. The van der Waals surface area contributed by atoms with Gasteiger partial charge in [0.25, 0.3) is 5.91 Å². The van der Waals surface area contributed by atoms with Crippen LogP contribution in [0.2, 0.25) is 0 Å². The first-order valence-corrected chi connectivity index (χ1v) is 6.41. The van der Waals surface area contributed by atoms with E-state index in [0.29, 0.717) is 5.56 Å². The molecule has 0 aliphatic rings. The first kappa shape index (κ1) is 13.4. The molecule has 0 N–H and O–H groups in total. The van der Waals surface area contributed by atoms with Gasteiger partial charge < -0.3 is 9.47 Å². The second-order valence-corrected chi connectivity index (χ2v) is 5.68. The molecule has 0 saturated carbocycles. The largest absolute Gasteiger partial charge is 0.348 e. The van der Waals surface area contributed by atoms with E-state index in [1.165, 1.54) is 0 Å². The highest BCUT2D eigenvalue weighted by atomic mass is 16.2. The number of hydrogen-bond acceptors (Lipinski definition) is 1. The standard InChI is InChI=1S/C16H20N2O/c1-16(2,3)18-11-10-13(12-18)15(19)17(4)14-8-6-5-7-9-14/h5-12H,1-4H3. The Morgan fingerprint density at radius 3 is 2.26 bits per heavy atom. The van der Waals surface area contributed by atoms with Gasteiger partial charge in [-0.3, -0.25) is 4.79 Å². The van der Waals surface area contributed by atoms with Crippen LogP contribution in [0, 0.1) is 0 Å². The topological polar surface area (TPSA) is 25.2 Å². The van der Waals surface area contributed by atoms with Crippen molar-refractivity contribution in [2.24, 2.45) is 0 Å². The van der Waals surface area contributed by atoms with Gasteiger partial charge in [0.2, 0.25) is 0 Å². The third-order valence-corrected chi connectivity index (χ3v) is 3.16. The molecule has 0 atom stereocenters. The van der Waals surface area contributed by atoms with Crippen molar-refractivity contribution < 1.29 is 4.79 Å². The zero-order valence-electron chi connectivity index (χ0n) is 11.9. The quantitative estimate of drug-likeness (QED) is 0.807. The Morgan fingerprint density at radius 1 is 1.11 bits per heavy atom. The van der Waals surface area contributed by atoms with Gasteiger partial charge in [-0.2, -0.15) is 0 Å². The summed E-state index contributed by atoms with van der Waals surface area (Å²) in [7, 11) is 1.80. The Hall–Kier alpha value is -2.03. The highest BCUT2D eigenvalue weighted by molar-refractivity contribution is 6.05. The van der Waals surface area contributed by atoms with Crippen molar-refractivity contribution in [2.75, 3.05) is 11.9 Å². The number of hydrogen-bond donors (Lipinski definition) is 0. The van der Waals surface area contributed by atoms with Crippen LogP contribution in [0.3, 0.4) is 0 Å². The van der Waals surface area contributed by atoms with E-state index >= 15 is 0 Å². The third-order valence-electron chi connectivity index (χ3n) is 3.16. The predicted octanol–water partition coefficient (Wildman–Crippen LogP) is 3.52. The van der Waals surface area contributed by atoms with Crippen molar-refractivity contribution in [3.05, 3.63) is 54.4 Å². The van der Waals surface area contributed by atoms with E-state index in [4.69, 9.17) is 0 Å². The lowest BCUT2D eigenvalue weighted by atomic mass is 10.1. The van der Waals surface area contributed by atoms with Crippen molar-refractivity contribution in [3.8, 4) is 0 Å². The second-order valence-electron chi connectivity index (χ2n) is 5.68. The number of carbonyl (C=O) groups excluding carboxylic acids is 1. The fourth-order valence-electron chi connectivity index (χ4n) is 1.90. The minimum absolute atomic E-state index is 0.00852. The number of rotatable bonds is 2. The lowest BCUT2D eigenvalue weighted by molar-refractivity contribution is 0.0993. The van der Waals surface area contributed by atoms with E-state index in [9.17, 15) is 4.79 Å². The Balaban J connectivity index is 2.23. The van der Waals surface area contributed by atoms with Crippen LogP contribution in [0.4, 0.5) is 5.69 Å². The van der Waals surface area contributed by atoms with Gasteiger partial charge in [0.15, 0.2) is 0 Å². The molecular formula is C16H20N2O. The number of carbonyl (C=O) groups is 1. The number of benzene rings is 1. The van der Waals surface area contributed by atoms with E-state index in [1.54, 1.807) is 11.9 Å². The minimum atomic E-state index is -0.0101. The first-order valence-electron chi connectivity index (χ1n) is 6.41. The van der Waals surface area contributed by atoms with Crippen LogP contribution in [0.1, 0.15) is 31.1 Å². The van der Waals surface area contributed by atoms with Crippen LogP contribution in [0.15, 0.2) is 48.8 Å². The molecular weight excluding hydrogens is 236 g/mol. The molecule has 0 fully saturated rings. The van der Waals surface area contributed by atoms with E-state index in [2.05, 4.69) is 25.3 Å². The molecule has 3 heteroatoms. The molecule has 0 bridgehead atoms. The summed E-state index contributed by atoms with van der Waals surface area (Å²) in [4.78, 5) is 14.1. The molecule has 0 unspecified atom stereocenters. The summed E-state index contributed by atoms with van der Waals surface area (Å²) in [6, 6.07) is 11.5. The molecule has 1 aromatic heterocycles. The number of aromatic nitrogens is 1. The molecule has 0 spiro atoms. The van der Waals surface area contributed by atoms with Crippen LogP contribution in [0.25, 0.3) is 0 Å². The van der Waals surface area contributed by atoms with Gasteiger partial charge in [-0.1, -0.05) is 18.2 Å². The van der Waals surface area contributed by atoms with Crippen LogP contribution in [0.5, 0.6) is 0 Å². The fourth-order valence-corrected chi connectivity index (χ4v) is 1.90. The third kappa shape index (κ3) is 2.87. The van der Waals surface area contributed by atoms with Gasteiger partial charge >= 0.3 is 0 Å². The molecule has 1 amide bonds. The predicted molar refractivity (Wildman–Crippen MR) is 78.6 cm³/mol. The molecule has 100 valence electrons. The van der Waals surface area contributed by atoms with Crippen molar-refractivity contribution in [3.63, 3.8) is 0 Å².